The lowest BCUT2D eigenvalue weighted by Gasteiger charge is -2.40. The van der Waals surface area contributed by atoms with Crippen LogP contribution in [0.1, 0.15) is 72.3 Å². The number of halogens is 1. The van der Waals surface area contributed by atoms with Gasteiger partial charge < -0.3 is 23.6 Å². The summed E-state index contributed by atoms with van der Waals surface area (Å²) in [7, 11) is -0.0552. The lowest BCUT2D eigenvalue weighted by molar-refractivity contribution is -0.0505. The number of hydrogen-bond donors (Lipinski definition) is 0. The zero-order chi connectivity index (χ0) is 29.7. The monoisotopic (exact) mass is 584 g/mol. The highest BCUT2D eigenvalue weighted by molar-refractivity contribution is 7.26. The molecule has 1 aromatic rings. The van der Waals surface area contributed by atoms with E-state index in [0.29, 0.717) is 31.8 Å². The summed E-state index contributed by atoms with van der Waals surface area (Å²) in [6.45, 7) is 17.2. The molecule has 1 saturated carbocycles. The molecule has 0 N–H and O–H groups in total. The number of rotatable bonds is 17. The van der Waals surface area contributed by atoms with Crippen LogP contribution in [0.3, 0.4) is 0 Å². The van der Waals surface area contributed by atoms with Crippen LogP contribution in [-0.4, -0.2) is 47.7 Å². The summed E-state index contributed by atoms with van der Waals surface area (Å²) in [5.74, 6) is 0.263. The molecule has 1 heterocycles. The largest absolute Gasteiger partial charge is 0.377 e. The molecule has 0 radical (unpaired) electrons. The topological polar surface area (TPSA) is 34.2 Å². The molecule has 41 heavy (non-hydrogen) atoms. The molecule has 2 aliphatic rings. The second-order valence-corrected chi connectivity index (χ2v) is 12.5. The smallest absolute Gasteiger partial charge is 0.156 e. The lowest BCUT2D eigenvalue weighted by atomic mass is 9.92. The van der Waals surface area contributed by atoms with Crippen LogP contribution < -0.4 is 0 Å². The molecule has 3 rings (SSSR count). The van der Waals surface area contributed by atoms with Gasteiger partial charge in [0.25, 0.3) is 0 Å². The van der Waals surface area contributed by atoms with Crippen LogP contribution in [0.15, 0.2) is 90.2 Å². The van der Waals surface area contributed by atoms with Gasteiger partial charge in [-0.25, -0.2) is 4.39 Å². The Morgan fingerprint density at radius 3 is 2.46 bits per heavy atom. The van der Waals surface area contributed by atoms with Gasteiger partial charge in [0, 0.05) is 37.2 Å². The summed E-state index contributed by atoms with van der Waals surface area (Å²) in [5, 5.41) is 0. The lowest BCUT2D eigenvalue weighted by Crippen LogP contribution is -2.46. The summed E-state index contributed by atoms with van der Waals surface area (Å²) >= 11 is 0. The van der Waals surface area contributed by atoms with Crippen LogP contribution in [0.5, 0.6) is 0 Å². The molecular weight excluding hydrogens is 534 g/mol. The maximum absolute atomic E-state index is 14.3. The van der Waals surface area contributed by atoms with Crippen LogP contribution in [0.25, 0.3) is 0 Å². The molecule has 7 heteroatoms. The zero-order valence-corrected chi connectivity index (χ0v) is 26.7. The molecular formula is C34H50FN2O3P. The van der Waals surface area contributed by atoms with Crippen molar-refractivity contribution in [3.05, 3.63) is 95.8 Å². The standard InChI is InChI=1S/C34H50FN2O3P/c1-7-21-38-26-34(40-41-39-25-30-11-9-8-10-12-30)16-19-36(20-17-34)18-15-33(31(22-27(2)3)23-29(6)35)37(24-28(4)5)32-13-14-32/h7-12,15,18,23-24,27,32,41H,1,13-14,16-17,19-22,25-26H2,2-6H3/b18-15+,29-23+,33-31+. The first-order valence-corrected chi connectivity index (χ1v) is 15.7. The van der Waals surface area contributed by atoms with E-state index in [9.17, 15) is 4.39 Å². The molecule has 0 aromatic heterocycles. The highest BCUT2D eigenvalue weighted by Gasteiger charge is 2.36. The van der Waals surface area contributed by atoms with E-state index in [0.717, 1.165) is 62.0 Å². The second kappa shape index (κ2) is 17.0. The Bertz CT molecular complexity index is 1060. The fourth-order valence-corrected chi connectivity index (χ4v) is 5.67. The van der Waals surface area contributed by atoms with E-state index in [1.165, 1.54) is 12.5 Å². The average molecular weight is 585 g/mol. The summed E-state index contributed by atoms with van der Waals surface area (Å²) < 4.78 is 32.4. The molecule has 2 fully saturated rings. The van der Waals surface area contributed by atoms with Crippen LogP contribution in [-0.2, 0) is 20.4 Å². The van der Waals surface area contributed by atoms with Crippen LogP contribution in [0.2, 0.25) is 0 Å². The van der Waals surface area contributed by atoms with Gasteiger partial charge in [0.05, 0.1) is 25.6 Å². The van der Waals surface area contributed by atoms with Gasteiger partial charge in [-0.3, -0.25) is 0 Å². The van der Waals surface area contributed by atoms with E-state index >= 15 is 0 Å². The van der Waals surface area contributed by atoms with E-state index in [1.54, 1.807) is 12.2 Å². The molecule has 1 aliphatic heterocycles. The summed E-state index contributed by atoms with van der Waals surface area (Å²) in [6, 6.07) is 10.6. The minimum absolute atomic E-state index is 0.0552. The Balaban J connectivity index is 1.73. The number of ether oxygens (including phenoxy) is 1. The van der Waals surface area contributed by atoms with E-state index in [-0.39, 0.29) is 20.5 Å². The third kappa shape index (κ3) is 11.9. The van der Waals surface area contributed by atoms with Gasteiger partial charge in [-0.1, -0.05) is 55.8 Å². The average Bonchev–Trinajstić information content (AvgIpc) is 3.77. The molecule has 5 nitrogen and oxygen atoms in total. The Kier molecular flexibility index (Phi) is 13.8. The summed E-state index contributed by atoms with van der Waals surface area (Å²) in [4.78, 5) is 4.71. The van der Waals surface area contributed by atoms with Gasteiger partial charge in [0.15, 0.2) is 9.03 Å². The van der Waals surface area contributed by atoms with Crippen molar-refractivity contribution in [1.29, 1.82) is 0 Å². The normalized spacial score (nSPS) is 18.3. The first kappa shape index (κ1) is 33.3. The fraction of sp³-hybridized carbons (Fsp3) is 0.529. The number of hydrogen-bond acceptors (Lipinski definition) is 5. The van der Waals surface area contributed by atoms with Gasteiger partial charge in [-0.15, -0.1) is 6.58 Å². The van der Waals surface area contributed by atoms with Crippen LogP contribution in [0.4, 0.5) is 4.39 Å². The number of allylic oxidation sites excluding steroid dienone is 5. The predicted octanol–water partition coefficient (Wildman–Crippen LogP) is 8.84. The molecule has 226 valence electrons. The van der Waals surface area contributed by atoms with Crippen molar-refractivity contribution in [2.45, 2.75) is 85.0 Å². The van der Waals surface area contributed by atoms with Gasteiger partial charge in [0.2, 0.25) is 0 Å². The summed E-state index contributed by atoms with van der Waals surface area (Å²) in [5.41, 5.74) is 4.12. The van der Waals surface area contributed by atoms with Crippen LogP contribution in [0, 0.1) is 5.92 Å². The van der Waals surface area contributed by atoms with E-state index in [2.05, 4.69) is 74.7 Å². The molecule has 0 spiro atoms. The van der Waals surface area contributed by atoms with Crippen molar-refractivity contribution < 1.29 is 18.2 Å². The third-order valence-electron chi connectivity index (χ3n) is 7.10. The molecule has 1 aliphatic carbocycles. The predicted molar refractivity (Wildman–Crippen MR) is 170 cm³/mol. The van der Waals surface area contributed by atoms with Gasteiger partial charge >= 0.3 is 0 Å². The SMILES string of the molecule is C=CCOCC1(OPOCc2ccccc2)CCN(/C=C/C(=C(\C=C(/C)F)CC(C)C)N(C=C(C)C)C2CC2)CC1. The molecule has 1 aromatic carbocycles. The van der Waals surface area contributed by atoms with Gasteiger partial charge in [-0.2, -0.15) is 0 Å². The highest BCUT2D eigenvalue weighted by Crippen LogP contribution is 2.37. The first-order chi connectivity index (χ1) is 19.7. The Morgan fingerprint density at radius 2 is 1.88 bits per heavy atom. The Hall–Kier alpha value is -2.24. The van der Waals surface area contributed by atoms with E-state index < -0.39 is 0 Å². The highest BCUT2D eigenvalue weighted by atomic mass is 31.1. The number of likely N-dealkylation sites (tertiary alicyclic amines) is 1. The Labute approximate surface area is 249 Å². The van der Waals surface area contributed by atoms with Crippen molar-refractivity contribution in [3.63, 3.8) is 0 Å². The van der Waals surface area contributed by atoms with Crippen molar-refractivity contribution in [2.75, 3.05) is 26.3 Å². The maximum atomic E-state index is 14.3. The second-order valence-electron chi connectivity index (χ2n) is 11.9. The van der Waals surface area contributed by atoms with Crippen molar-refractivity contribution in [3.8, 4) is 0 Å². The molecule has 1 saturated heterocycles. The minimum Gasteiger partial charge on any atom is -0.377 e. The zero-order valence-electron chi connectivity index (χ0n) is 25.7. The van der Waals surface area contributed by atoms with Gasteiger partial charge in [-0.05, 0) is 82.1 Å². The van der Waals surface area contributed by atoms with Crippen LogP contribution >= 0.6 is 9.03 Å². The maximum Gasteiger partial charge on any atom is 0.156 e. The van der Waals surface area contributed by atoms with Gasteiger partial charge in [0.1, 0.15) is 5.60 Å². The molecule has 0 amide bonds. The first-order valence-electron chi connectivity index (χ1n) is 14.9. The fourth-order valence-electron chi connectivity index (χ4n) is 4.94. The Morgan fingerprint density at radius 1 is 1.17 bits per heavy atom. The third-order valence-corrected chi connectivity index (χ3v) is 7.88. The minimum atomic E-state index is -0.389. The van der Waals surface area contributed by atoms with E-state index in [4.69, 9.17) is 13.8 Å². The molecule has 1 atom stereocenters. The number of benzene rings is 1. The van der Waals surface area contributed by atoms with E-state index in [1.807, 2.05) is 18.2 Å². The number of nitrogens with zero attached hydrogens (tertiary/aromatic N) is 2. The number of piperidine rings is 1. The van der Waals surface area contributed by atoms with Crippen molar-refractivity contribution >= 4 is 9.03 Å². The molecule has 1 unspecified atom stereocenters. The molecule has 0 bridgehead atoms. The van der Waals surface area contributed by atoms with Crippen molar-refractivity contribution in [1.82, 2.24) is 9.80 Å². The quantitative estimate of drug-likeness (QED) is 0.0791. The summed E-state index contributed by atoms with van der Waals surface area (Å²) in [6.07, 6.45) is 14.9. The van der Waals surface area contributed by atoms with Crippen molar-refractivity contribution in [2.24, 2.45) is 5.92 Å².